The van der Waals surface area contributed by atoms with Crippen LogP contribution in [-0.2, 0) is 125 Å². The van der Waals surface area contributed by atoms with Gasteiger partial charge in [-0.25, -0.2) is 14.4 Å². The summed E-state index contributed by atoms with van der Waals surface area (Å²) in [5, 5.41) is 81.8. The van der Waals surface area contributed by atoms with Crippen LogP contribution >= 0.6 is 0 Å². The minimum Gasteiger partial charge on any atom is -0.508 e. The van der Waals surface area contributed by atoms with Gasteiger partial charge in [-0.2, -0.15) is 38.2 Å². The van der Waals surface area contributed by atoms with Crippen molar-refractivity contribution in [1.82, 2.24) is 36.4 Å². The van der Waals surface area contributed by atoms with E-state index in [0.717, 1.165) is 5.71 Å². The van der Waals surface area contributed by atoms with Gasteiger partial charge in [0.2, 0.25) is 23.4 Å². The number of carbonyl (C=O) groups excluding carboxylic acids is 4. The molecule has 5 aromatic rings. The molecular weight excluding hydrogens is 1830 g/mol. The molecule has 5 aromatic carbocycles. The molecule has 0 saturated carbocycles. The monoisotopic (exact) mass is 1950 g/mol. The highest BCUT2D eigenvalue weighted by atomic mass is 32.2. The first kappa shape index (κ1) is 108. The molecule has 0 aromatic heterocycles. The van der Waals surface area contributed by atoms with Crippen LogP contribution in [0.4, 0.5) is 16.2 Å². The van der Waals surface area contributed by atoms with Gasteiger partial charge in [0, 0.05) is 130 Å². The highest BCUT2D eigenvalue weighted by molar-refractivity contribution is 7.86. The lowest BCUT2D eigenvalue weighted by Gasteiger charge is -2.27. The van der Waals surface area contributed by atoms with Crippen molar-refractivity contribution >= 4 is 111 Å². The predicted octanol–water partition coefficient (Wildman–Crippen LogP) is 7.79. The van der Waals surface area contributed by atoms with Crippen molar-refractivity contribution in [2.24, 2.45) is 0 Å². The number of ether oxygens (including phenoxy) is 3. The maximum absolute atomic E-state index is 13.1. The van der Waals surface area contributed by atoms with Crippen molar-refractivity contribution in [2.45, 2.75) is 194 Å². The summed E-state index contributed by atoms with van der Waals surface area (Å²) in [6.45, 7) is 8.25. The topological polar surface area (TPSA) is 613 Å². The number of unbranched alkanes of at least 4 members (excludes halogenated alkanes) is 4. The minimum absolute atomic E-state index is 0.00890. The van der Waals surface area contributed by atoms with E-state index < -0.39 is 131 Å². The molecule has 40 nitrogen and oxygen atoms in total. The lowest BCUT2D eigenvalue weighted by molar-refractivity contribution is -0.438. The summed E-state index contributed by atoms with van der Waals surface area (Å²) >= 11 is 0. The quantitative estimate of drug-likeness (QED) is 0.0100. The summed E-state index contributed by atoms with van der Waals surface area (Å²) in [4.78, 5) is 113. The van der Waals surface area contributed by atoms with E-state index >= 15 is 0 Å². The second kappa shape index (κ2) is 49.6. The van der Waals surface area contributed by atoms with Crippen LogP contribution in [-0.4, -0.2) is 264 Å². The number of aliphatic carboxylic acids is 5. The van der Waals surface area contributed by atoms with Crippen LogP contribution in [0.5, 0.6) is 17.2 Å². The Morgan fingerprint density at radius 1 is 0.515 bits per heavy atom. The molecule has 8 rings (SSSR count). The third-order valence-corrected chi connectivity index (χ3v) is 26.1. The van der Waals surface area contributed by atoms with Gasteiger partial charge in [-0.1, -0.05) is 44.2 Å². The molecule has 2 atom stereocenters. The number of anilines is 1. The number of hydrogen-bond acceptors (Lipinski definition) is 25. The number of amides is 5. The van der Waals surface area contributed by atoms with Gasteiger partial charge in [0.15, 0.2) is 5.71 Å². The van der Waals surface area contributed by atoms with Crippen LogP contribution in [0.25, 0.3) is 0 Å². The Balaban J connectivity index is 0.775. The van der Waals surface area contributed by atoms with Crippen LogP contribution in [0.15, 0.2) is 159 Å². The second-order valence-corrected chi connectivity index (χ2v) is 39.5. The van der Waals surface area contributed by atoms with Gasteiger partial charge in [-0.05, 0) is 204 Å². The molecule has 0 spiro atoms. The van der Waals surface area contributed by atoms with Gasteiger partial charge < -0.3 is 81.4 Å². The van der Waals surface area contributed by atoms with Gasteiger partial charge in [0.1, 0.15) is 41.6 Å². The largest absolute Gasteiger partial charge is 0.508 e. The SMILES string of the molecule is CC1(C)C(/C=C/C2=C(Oc3ccc(S(=O)(=O)O)cc3)C(=C\C=C3/N(CCCCS(=O)(=O)O)c4ccc(S(=O)(=O)O)cc4C3(C)C)/CCC2)=[N+](CCCCCC(=O)NCCOCCOCCNC(=O)CCc2ccc(O)c(CN(CCN(CC(=O)O)Cc3cc(CCC(=O)NCCCCC(NC(=O)NC(CCC(=O)O)C(=O)O)C(=O)O)ccc3O)CC(=O)O)c2)c2ccc(S(=O)(=O)O)cc21. The van der Waals surface area contributed by atoms with Gasteiger partial charge >= 0.3 is 35.9 Å². The number of nitrogens with one attached hydrogen (secondary N) is 5. The normalized spacial score (nSPS) is 15.4. The summed E-state index contributed by atoms with van der Waals surface area (Å²) in [6, 6.07) is 18.9. The van der Waals surface area contributed by atoms with Crippen LogP contribution < -0.4 is 36.2 Å². The van der Waals surface area contributed by atoms with Gasteiger partial charge in [-0.3, -0.25) is 56.8 Å². The Morgan fingerprint density at radius 3 is 1.57 bits per heavy atom. The van der Waals surface area contributed by atoms with E-state index in [2.05, 4.69) is 25.8 Å². The first-order valence-electron chi connectivity index (χ1n) is 43.5. The molecule has 44 heteroatoms. The third-order valence-electron chi connectivity index (χ3n) is 22.8. The van der Waals surface area contributed by atoms with Gasteiger partial charge in [0.25, 0.3) is 40.5 Å². The number of rotatable bonds is 57. The van der Waals surface area contributed by atoms with Crippen LogP contribution in [0.1, 0.15) is 164 Å². The summed E-state index contributed by atoms with van der Waals surface area (Å²) in [6.07, 6.45) is 11.3. The van der Waals surface area contributed by atoms with E-state index in [9.17, 15) is 126 Å². The van der Waals surface area contributed by atoms with E-state index in [-0.39, 0.29) is 180 Å². The van der Waals surface area contributed by atoms with Crippen molar-refractivity contribution in [1.29, 1.82) is 0 Å². The average Bonchev–Trinajstić information content (AvgIpc) is 1.59. The fourth-order valence-corrected chi connectivity index (χ4v) is 17.9. The van der Waals surface area contributed by atoms with Crippen molar-refractivity contribution in [2.75, 3.05) is 96.0 Å². The number of urea groups is 1. The Hall–Kier alpha value is -11.6. The van der Waals surface area contributed by atoms with Crippen molar-refractivity contribution in [3.8, 4) is 17.2 Å². The fourth-order valence-electron chi connectivity index (χ4n) is 15.8. The molecule has 2 heterocycles. The average molecular weight is 1950 g/mol. The molecule has 134 heavy (non-hydrogen) atoms. The Labute approximate surface area is 777 Å². The molecule has 0 saturated heterocycles. The van der Waals surface area contributed by atoms with E-state index in [0.29, 0.717) is 125 Å². The fraction of sp³-hybridized carbons (Fsp3) is 0.467. The number of phenolic OH excluding ortho intramolecular Hbond substituents is 2. The molecule has 0 radical (unpaired) electrons. The second-order valence-electron chi connectivity index (χ2n) is 33.6. The number of hydrogen-bond donors (Lipinski definition) is 16. The lowest BCUT2D eigenvalue weighted by Crippen LogP contribution is -2.51. The molecular formula is C90H118N9O31S4+. The molecule has 2 aliphatic heterocycles. The van der Waals surface area contributed by atoms with E-state index in [1.54, 1.807) is 36.4 Å². The Kier molecular flexibility index (Phi) is 39.9. The van der Waals surface area contributed by atoms with Crippen molar-refractivity contribution in [3.05, 3.63) is 177 Å². The Bertz CT molecular complexity index is 5740. The van der Waals surface area contributed by atoms with Crippen LogP contribution in [0.2, 0.25) is 0 Å². The van der Waals surface area contributed by atoms with Crippen LogP contribution in [0, 0.1) is 0 Å². The first-order chi connectivity index (χ1) is 63.1. The number of benzene rings is 5. The number of nitrogens with zero attached hydrogens (tertiary/aromatic N) is 4. The molecule has 3 aliphatic rings. The minimum atomic E-state index is -4.63. The van der Waals surface area contributed by atoms with E-state index in [4.69, 9.17) is 19.3 Å². The number of aromatic hydroxyl groups is 2. The standard InChI is InChI=1S/C90H117N9O31S4/c1-89(2)69-53-67(133(122,123)124)27-30-73(69)98(77(89)34-21-61-13-12-14-62(85(61)130-65-23-25-66(26-24-65)132(119,120)121)22-35-78-90(3,4)70-54-68(134(125,126)127)28-31-74(70)99(78)43-10-11-50-131(116,117)118)42-9-5-6-16-79(102)92-40-46-128-48-49-129-47-41-93-81(104)37-20-60-18-33-76(101)64(52-60)56-97(58-84(109)110)45-44-96(57-83(107)108)55-63-51-59(17-32-75(63)100)19-36-80(103)91-39-8-7-15-71(86(111)112)94-88(115)95-72(87(113)114)29-38-82(105)106/h17-18,21-28,30-35,51-54,71-72H,5-16,19-20,29,36-50,55-58H2,1-4H3,(H15-,91,92,93,94,95,100,101,102,103,104,105,106,107,108,109,110,111,112,113,114,115,116,117,118,119,120,121,122,123,124,125,126,127)/p+1. The zero-order valence-electron chi connectivity index (χ0n) is 74.7. The van der Waals surface area contributed by atoms with E-state index in [1.165, 1.54) is 70.5 Å². The molecule has 732 valence electrons. The maximum Gasteiger partial charge on any atom is 0.326 e. The summed E-state index contributed by atoms with van der Waals surface area (Å²) in [7, 11) is -18.1. The maximum atomic E-state index is 13.1. The number of aryl methyl sites for hydroxylation is 2. The molecule has 0 fully saturated rings. The first-order valence-corrected chi connectivity index (χ1v) is 49.4. The molecule has 16 N–H and O–H groups in total. The Morgan fingerprint density at radius 2 is 1.04 bits per heavy atom. The van der Waals surface area contributed by atoms with E-state index in [1.807, 2.05) is 62.2 Å². The number of carbonyl (C=O) groups is 9. The molecule has 2 unspecified atom stereocenters. The van der Waals surface area contributed by atoms with Gasteiger partial charge in [0.05, 0.1) is 65.4 Å². The molecule has 5 amide bonds. The third kappa shape index (κ3) is 33.8. The number of phenols is 2. The van der Waals surface area contributed by atoms with Crippen LogP contribution in [0.3, 0.4) is 0 Å². The summed E-state index contributed by atoms with van der Waals surface area (Å²) in [5.74, 6) is -7.68. The lowest BCUT2D eigenvalue weighted by atomic mass is 9.81. The molecule has 0 bridgehead atoms. The smallest absolute Gasteiger partial charge is 0.326 e. The summed E-state index contributed by atoms with van der Waals surface area (Å²) in [5.41, 5.74) is 5.40. The summed E-state index contributed by atoms with van der Waals surface area (Å²) < 4.78 is 157. The highest BCUT2D eigenvalue weighted by Gasteiger charge is 2.46. The number of fused-ring (bicyclic) bond motifs is 2. The predicted molar refractivity (Wildman–Crippen MR) is 487 cm³/mol. The van der Waals surface area contributed by atoms with Crippen molar-refractivity contribution in [3.63, 3.8) is 0 Å². The van der Waals surface area contributed by atoms with Crippen molar-refractivity contribution < 1.29 is 150 Å². The van der Waals surface area contributed by atoms with Gasteiger partial charge in [-0.15, -0.1) is 0 Å². The number of allylic oxidation sites excluding steroid dienone is 7. The number of carboxylic acids is 5. The number of carboxylic acid groups (broad SMARTS) is 5. The molecule has 1 aliphatic carbocycles. The zero-order chi connectivity index (χ0) is 98.5. The zero-order valence-corrected chi connectivity index (χ0v) is 78.0. The highest BCUT2D eigenvalue weighted by Crippen LogP contribution is 2.49.